The summed E-state index contributed by atoms with van der Waals surface area (Å²) in [4.78, 5) is 36.1. The Labute approximate surface area is 288 Å². The summed E-state index contributed by atoms with van der Waals surface area (Å²) in [5.41, 5.74) is 10.7. The van der Waals surface area contributed by atoms with Gasteiger partial charge in [-0.25, -0.2) is 5.84 Å². The highest BCUT2D eigenvalue weighted by Gasteiger charge is 2.34. The van der Waals surface area contributed by atoms with Crippen molar-refractivity contribution in [2.75, 3.05) is 51.2 Å². The van der Waals surface area contributed by atoms with Crippen LogP contribution >= 0.6 is 0 Å². The Morgan fingerprint density at radius 2 is 1.86 bits per heavy atom. The smallest absolute Gasteiger partial charge is 0.397 e. The maximum Gasteiger partial charge on any atom is 0.433 e. The number of alkyl halides is 3. The molecule has 0 saturated carbocycles. The summed E-state index contributed by atoms with van der Waals surface area (Å²) in [7, 11) is 1.71. The second-order valence-corrected chi connectivity index (χ2v) is 12.7. The molecule has 4 heterocycles. The van der Waals surface area contributed by atoms with E-state index in [0.717, 1.165) is 29.8 Å². The van der Waals surface area contributed by atoms with Crippen LogP contribution in [0.4, 0.5) is 18.9 Å². The van der Waals surface area contributed by atoms with Gasteiger partial charge in [-0.3, -0.25) is 24.6 Å². The van der Waals surface area contributed by atoms with Crippen LogP contribution in [-0.4, -0.2) is 88.1 Å². The number of likely N-dealkylation sites (tertiary alicyclic amines) is 1. The number of carbonyl (C=O) groups is 2. The number of aromatic nitrogens is 3. The lowest BCUT2D eigenvalue weighted by Gasteiger charge is -2.29. The fourth-order valence-corrected chi connectivity index (χ4v) is 6.61. The maximum absolute atomic E-state index is 13.8. The normalized spacial score (nSPS) is 17.2. The number of rotatable bonds is 9. The highest BCUT2D eigenvalue weighted by Crippen LogP contribution is 2.34. The SMILES string of the molecule is CCN(C(=O)C1CCN(CC(=O)N2CC=C(c3ccc(/C(N)=C/N(C)N)cc3)CC2)C1)c1ccc2[nH]nc(-c3ccnc(C(F)(F)F)c3)c2c1. The van der Waals surface area contributed by atoms with E-state index in [1.54, 1.807) is 36.3 Å². The van der Waals surface area contributed by atoms with Crippen LogP contribution in [0.3, 0.4) is 0 Å². The number of nitrogens with two attached hydrogens (primary N) is 2. The van der Waals surface area contributed by atoms with E-state index in [4.69, 9.17) is 11.6 Å². The molecule has 2 aliphatic heterocycles. The molecule has 11 nitrogen and oxygen atoms in total. The van der Waals surface area contributed by atoms with Crippen molar-refractivity contribution in [2.24, 2.45) is 17.5 Å². The summed E-state index contributed by atoms with van der Waals surface area (Å²) in [6, 6.07) is 15.8. The zero-order valence-electron chi connectivity index (χ0n) is 28.0. The molecular formula is C36H40F3N9O2. The molecular weight excluding hydrogens is 647 g/mol. The first-order valence-electron chi connectivity index (χ1n) is 16.5. The number of aromatic amines is 1. The molecule has 2 aromatic heterocycles. The van der Waals surface area contributed by atoms with Crippen LogP contribution in [0.5, 0.6) is 0 Å². The standard InChI is InChI=1S/C36H40F3N9O2/c1-3-48(28-8-9-31-29(19-28)34(44-43-31)26-10-14-42-32(18-26)36(37,38)39)35(50)27-11-15-46(20-27)22-33(49)47-16-12-24(13-17-47)23-4-6-25(7-5-23)30(40)21-45(2)41/h4-10,12,14,18-19,21,27H,3,11,13,15-17,20,22,40-41H2,1-2H3,(H,43,44)/b30-21-. The number of hydrogen-bond donors (Lipinski definition) is 3. The maximum atomic E-state index is 13.8. The first-order chi connectivity index (χ1) is 23.9. The number of nitrogens with zero attached hydrogens (tertiary/aromatic N) is 6. The van der Waals surface area contributed by atoms with Crippen LogP contribution < -0.4 is 16.5 Å². The van der Waals surface area contributed by atoms with Crippen LogP contribution in [0, 0.1) is 5.92 Å². The minimum absolute atomic E-state index is 0.0302. The molecule has 2 amide bonds. The molecule has 0 spiro atoms. The molecule has 1 unspecified atom stereocenters. The Kier molecular flexibility index (Phi) is 9.93. The third kappa shape index (κ3) is 7.50. The lowest BCUT2D eigenvalue weighted by Crippen LogP contribution is -2.42. The molecule has 262 valence electrons. The Morgan fingerprint density at radius 1 is 1.08 bits per heavy atom. The van der Waals surface area contributed by atoms with E-state index < -0.39 is 11.9 Å². The summed E-state index contributed by atoms with van der Waals surface area (Å²) in [5, 5.41) is 9.15. The predicted octanol–water partition coefficient (Wildman–Crippen LogP) is 4.70. The molecule has 0 bridgehead atoms. The largest absolute Gasteiger partial charge is 0.433 e. The van der Waals surface area contributed by atoms with E-state index in [-0.39, 0.29) is 29.8 Å². The van der Waals surface area contributed by atoms with Crippen molar-refractivity contribution >= 4 is 39.7 Å². The molecule has 0 aliphatic carbocycles. The zero-order valence-corrected chi connectivity index (χ0v) is 28.0. The second-order valence-electron chi connectivity index (χ2n) is 12.7. The predicted molar refractivity (Wildman–Crippen MR) is 187 cm³/mol. The number of benzene rings is 2. The quantitative estimate of drug-likeness (QED) is 0.170. The zero-order chi connectivity index (χ0) is 35.6. The average Bonchev–Trinajstić information content (AvgIpc) is 3.75. The summed E-state index contributed by atoms with van der Waals surface area (Å²) in [5.74, 6) is 5.34. The van der Waals surface area contributed by atoms with Gasteiger partial charge >= 0.3 is 6.18 Å². The molecule has 1 fully saturated rings. The molecule has 50 heavy (non-hydrogen) atoms. The van der Waals surface area contributed by atoms with E-state index in [1.165, 1.54) is 16.6 Å². The van der Waals surface area contributed by atoms with Crippen LogP contribution in [0.25, 0.3) is 33.4 Å². The van der Waals surface area contributed by atoms with E-state index in [1.807, 2.05) is 41.0 Å². The van der Waals surface area contributed by atoms with Crippen molar-refractivity contribution in [2.45, 2.75) is 25.9 Å². The third-order valence-electron chi connectivity index (χ3n) is 9.24. The van der Waals surface area contributed by atoms with E-state index >= 15 is 0 Å². The number of amides is 2. The van der Waals surface area contributed by atoms with Gasteiger partial charge in [0, 0.05) is 62.3 Å². The monoisotopic (exact) mass is 687 g/mol. The number of pyridine rings is 1. The lowest BCUT2D eigenvalue weighted by molar-refractivity contribution is -0.141. The number of anilines is 1. The van der Waals surface area contributed by atoms with Gasteiger partial charge in [0.25, 0.3) is 0 Å². The topological polar surface area (TPSA) is 141 Å². The number of H-pyrrole nitrogens is 1. The van der Waals surface area contributed by atoms with Crippen LogP contribution in [0.2, 0.25) is 0 Å². The van der Waals surface area contributed by atoms with Gasteiger partial charge < -0.3 is 20.5 Å². The van der Waals surface area contributed by atoms with Crippen molar-refractivity contribution < 1.29 is 22.8 Å². The van der Waals surface area contributed by atoms with E-state index in [0.29, 0.717) is 67.1 Å². The van der Waals surface area contributed by atoms with Gasteiger partial charge in [-0.05, 0) is 73.3 Å². The molecule has 2 aliphatic rings. The van der Waals surface area contributed by atoms with Gasteiger partial charge in [-0.1, -0.05) is 30.3 Å². The number of fused-ring (bicyclic) bond motifs is 1. The van der Waals surface area contributed by atoms with Gasteiger partial charge in [0.05, 0.1) is 23.7 Å². The van der Waals surface area contributed by atoms with Gasteiger partial charge in [0.2, 0.25) is 11.8 Å². The van der Waals surface area contributed by atoms with Crippen molar-refractivity contribution in [3.05, 3.63) is 89.9 Å². The number of carbonyl (C=O) groups excluding carboxylic acids is 2. The third-order valence-corrected chi connectivity index (χ3v) is 9.24. The second kappa shape index (κ2) is 14.3. The van der Waals surface area contributed by atoms with Gasteiger partial charge in [-0.2, -0.15) is 18.3 Å². The number of hydrogen-bond acceptors (Lipinski definition) is 8. The van der Waals surface area contributed by atoms with Crippen LogP contribution in [0.1, 0.15) is 36.6 Å². The average molecular weight is 688 g/mol. The highest BCUT2D eigenvalue weighted by atomic mass is 19.4. The summed E-state index contributed by atoms with van der Waals surface area (Å²) >= 11 is 0. The van der Waals surface area contributed by atoms with Crippen LogP contribution in [-0.2, 0) is 15.8 Å². The fraction of sp³-hybridized carbons (Fsp3) is 0.333. The summed E-state index contributed by atoms with van der Waals surface area (Å²) in [6.45, 7) is 4.76. The molecule has 6 rings (SSSR count). The number of hydrazine groups is 1. The Balaban J connectivity index is 1.07. The first-order valence-corrected chi connectivity index (χ1v) is 16.5. The molecule has 14 heteroatoms. The lowest BCUT2D eigenvalue weighted by atomic mass is 9.98. The summed E-state index contributed by atoms with van der Waals surface area (Å²) in [6.07, 6.45) is 1.63. The molecule has 1 saturated heterocycles. The van der Waals surface area contributed by atoms with E-state index in [9.17, 15) is 22.8 Å². The van der Waals surface area contributed by atoms with E-state index in [2.05, 4.69) is 21.3 Å². The molecule has 5 N–H and O–H groups in total. The minimum Gasteiger partial charge on any atom is -0.397 e. The highest BCUT2D eigenvalue weighted by molar-refractivity contribution is 6.00. The Bertz CT molecular complexity index is 1930. The fourth-order valence-electron chi connectivity index (χ4n) is 6.61. The van der Waals surface area contributed by atoms with Gasteiger partial charge in [-0.15, -0.1) is 0 Å². The number of halogens is 3. The first kappa shape index (κ1) is 34.6. The Morgan fingerprint density at radius 3 is 2.54 bits per heavy atom. The van der Waals surface area contributed by atoms with Crippen molar-refractivity contribution in [1.82, 2.24) is 30.0 Å². The molecule has 4 aromatic rings. The minimum atomic E-state index is -4.59. The Hall–Kier alpha value is -5.21. The number of nitrogens with one attached hydrogen (secondary N) is 1. The van der Waals surface area contributed by atoms with Gasteiger partial charge in [0.15, 0.2) is 0 Å². The molecule has 2 aromatic carbocycles. The molecule has 0 radical (unpaired) electrons. The van der Waals surface area contributed by atoms with Crippen LogP contribution in [0.15, 0.2) is 73.1 Å². The van der Waals surface area contributed by atoms with Gasteiger partial charge in [0.1, 0.15) is 11.4 Å². The van der Waals surface area contributed by atoms with Crippen molar-refractivity contribution in [3.8, 4) is 11.3 Å². The van der Waals surface area contributed by atoms with Crippen molar-refractivity contribution in [1.29, 1.82) is 0 Å². The van der Waals surface area contributed by atoms with Crippen molar-refractivity contribution in [3.63, 3.8) is 0 Å². The molecule has 1 atom stereocenters. The summed E-state index contributed by atoms with van der Waals surface area (Å²) < 4.78 is 40.0.